The molecule has 1 aliphatic rings. The molecule has 1 unspecified atom stereocenters. The molecule has 1 fully saturated rings. The highest BCUT2D eigenvalue weighted by Gasteiger charge is 2.27. The Balaban J connectivity index is 1.30. The molecule has 29 heavy (non-hydrogen) atoms. The third-order valence-electron chi connectivity index (χ3n) is 5.51. The van der Waals surface area contributed by atoms with E-state index in [4.69, 9.17) is 9.15 Å². The Labute approximate surface area is 168 Å². The van der Waals surface area contributed by atoms with Crippen LogP contribution in [0.3, 0.4) is 0 Å². The van der Waals surface area contributed by atoms with Gasteiger partial charge in [0.25, 0.3) is 5.91 Å². The second-order valence-corrected chi connectivity index (χ2v) is 7.54. The lowest BCUT2D eigenvalue weighted by molar-refractivity contribution is -0.139. The van der Waals surface area contributed by atoms with Gasteiger partial charge in [-0.2, -0.15) is 5.10 Å². The van der Waals surface area contributed by atoms with Gasteiger partial charge in [0.15, 0.2) is 6.10 Å². The number of piperidine rings is 1. The topological polar surface area (TPSA) is 77.6 Å². The molecule has 0 bridgehead atoms. The number of nitrogens with zero attached hydrogens (tertiary/aromatic N) is 3. The first kappa shape index (κ1) is 19.2. The van der Waals surface area contributed by atoms with Crippen molar-refractivity contribution in [2.75, 3.05) is 13.1 Å². The van der Waals surface area contributed by atoms with Crippen LogP contribution in [0.1, 0.15) is 26.2 Å². The number of amides is 1. The van der Waals surface area contributed by atoms with Crippen molar-refractivity contribution >= 4 is 16.9 Å². The van der Waals surface area contributed by atoms with E-state index in [1.54, 1.807) is 31.3 Å². The summed E-state index contributed by atoms with van der Waals surface area (Å²) in [5, 5.41) is 5.06. The predicted octanol–water partition coefficient (Wildman–Crippen LogP) is 3.09. The number of carbonyl (C=O) groups is 1. The lowest BCUT2D eigenvalue weighted by Gasteiger charge is -2.33. The van der Waals surface area contributed by atoms with Gasteiger partial charge in [-0.15, -0.1) is 0 Å². The third-order valence-corrected chi connectivity index (χ3v) is 5.51. The monoisotopic (exact) mass is 395 g/mol. The van der Waals surface area contributed by atoms with E-state index in [0.29, 0.717) is 17.3 Å². The Bertz CT molecular complexity index is 1020. The number of carbonyl (C=O) groups excluding carboxylic acids is 1. The maximum Gasteiger partial charge on any atom is 0.336 e. The van der Waals surface area contributed by atoms with Gasteiger partial charge < -0.3 is 14.1 Å². The Morgan fingerprint density at radius 1 is 1.28 bits per heavy atom. The van der Waals surface area contributed by atoms with Crippen LogP contribution in [0.25, 0.3) is 11.0 Å². The fourth-order valence-electron chi connectivity index (χ4n) is 3.82. The van der Waals surface area contributed by atoms with Gasteiger partial charge in [-0.3, -0.25) is 9.48 Å². The van der Waals surface area contributed by atoms with Gasteiger partial charge in [0, 0.05) is 49.5 Å². The van der Waals surface area contributed by atoms with E-state index in [9.17, 15) is 9.59 Å². The van der Waals surface area contributed by atoms with Crippen LogP contribution in [0.15, 0.2) is 58.0 Å². The van der Waals surface area contributed by atoms with Crippen molar-refractivity contribution < 1.29 is 13.9 Å². The first-order valence-corrected chi connectivity index (χ1v) is 10.1. The zero-order chi connectivity index (χ0) is 20.2. The molecule has 1 amide bonds. The molecule has 1 aliphatic heterocycles. The molecule has 1 aromatic carbocycles. The maximum absolute atomic E-state index is 12.8. The van der Waals surface area contributed by atoms with Gasteiger partial charge in [-0.05, 0) is 56.4 Å². The van der Waals surface area contributed by atoms with Gasteiger partial charge >= 0.3 is 5.63 Å². The first-order chi connectivity index (χ1) is 14.1. The summed E-state index contributed by atoms with van der Waals surface area (Å²) in [6.07, 6.45) is 6.27. The second kappa shape index (κ2) is 8.51. The summed E-state index contributed by atoms with van der Waals surface area (Å²) in [6, 6.07) is 10.3. The molecule has 152 valence electrons. The third kappa shape index (κ3) is 4.67. The number of rotatable bonds is 6. The van der Waals surface area contributed by atoms with Crippen molar-refractivity contribution in [3.05, 3.63) is 59.2 Å². The Morgan fingerprint density at radius 2 is 2.07 bits per heavy atom. The maximum atomic E-state index is 12.8. The molecule has 0 aliphatic carbocycles. The van der Waals surface area contributed by atoms with E-state index < -0.39 is 11.7 Å². The fourth-order valence-corrected chi connectivity index (χ4v) is 3.82. The van der Waals surface area contributed by atoms with Crippen LogP contribution in [0.4, 0.5) is 0 Å². The second-order valence-electron chi connectivity index (χ2n) is 7.54. The van der Waals surface area contributed by atoms with Crippen LogP contribution in [0, 0.1) is 5.92 Å². The van der Waals surface area contributed by atoms with E-state index in [-0.39, 0.29) is 5.91 Å². The summed E-state index contributed by atoms with van der Waals surface area (Å²) in [6.45, 7) is 4.19. The smallest absolute Gasteiger partial charge is 0.336 e. The van der Waals surface area contributed by atoms with Crippen LogP contribution in [-0.4, -0.2) is 39.8 Å². The molecule has 1 atom stereocenters. The molecule has 3 aromatic rings. The van der Waals surface area contributed by atoms with Crippen molar-refractivity contribution in [1.82, 2.24) is 14.7 Å². The van der Waals surface area contributed by atoms with E-state index in [0.717, 1.165) is 44.3 Å². The summed E-state index contributed by atoms with van der Waals surface area (Å²) in [5.41, 5.74) is 0.0434. The summed E-state index contributed by atoms with van der Waals surface area (Å²) in [5.74, 6) is 1.12. The molecular weight excluding hydrogens is 370 g/mol. The van der Waals surface area contributed by atoms with Crippen LogP contribution in [0.5, 0.6) is 5.75 Å². The number of aryl methyl sites for hydroxylation is 1. The lowest BCUT2D eigenvalue weighted by Crippen LogP contribution is -2.44. The zero-order valence-electron chi connectivity index (χ0n) is 16.5. The van der Waals surface area contributed by atoms with E-state index >= 15 is 0 Å². The van der Waals surface area contributed by atoms with Gasteiger partial charge in [0.1, 0.15) is 11.3 Å². The molecular formula is C22H25N3O4. The molecule has 0 N–H and O–H groups in total. The first-order valence-electron chi connectivity index (χ1n) is 10.1. The van der Waals surface area contributed by atoms with E-state index in [2.05, 4.69) is 5.10 Å². The molecule has 3 heterocycles. The molecule has 0 radical (unpaired) electrons. The quantitative estimate of drug-likeness (QED) is 0.600. The summed E-state index contributed by atoms with van der Waals surface area (Å²) < 4.78 is 13.0. The fraction of sp³-hybridized carbons (Fsp3) is 0.409. The Morgan fingerprint density at radius 3 is 2.83 bits per heavy atom. The molecule has 4 rings (SSSR count). The van der Waals surface area contributed by atoms with Crippen molar-refractivity contribution in [2.24, 2.45) is 5.92 Å². The van der Waals surface area contributed by atoms with Crippen LogP contribution >= 0.6 is 0 Å². The summed E-state index contributed by atoms with van der Waals surface area (Å²) in [4.78, 5) is 26.1. The predicted molar refractivity (Wildman–Crippen MR) is 109 cm³/mol. The van der Waals surface area contributed by atoms with Crippen molar-refractivity contribution in [1.29, 1.82) is 0 Å². The highest BCUT2D eigenvalue weighted by Crippen LogP contribution is 2.24. The van der Waals surface area contributed by atoms with Gasteiger partial charge in [0.2, 0.25) is 0 Å². The average molecular weight is 395 g/mol. The minimum atomic E-state index is -0.594. The van der Waals surface area contributed by atoms with Gasteiger partial charge in [-0.1, -0.05) is 0 Å². The average Bonchev–Trinajstić information content (AvgIpc) is 3.25. The highest BCUT2D eigenvalue weighted by molar-refractivity contribution is 5.81. The zero-order valence-corrected chi connectivity index (χ0v) is 16.5. The molecule has 0 spiro atoms. The van der Waals surface area contributed by atoms with Gasteiger partial charge in [-0.25, -0.2) is 4.79 Å². The number of hydrogen-bond acceptors (Lipinski definition) is 5. The Hall–Kier alpha value is -3.09. The minimum absolute atomic E-state index is 0.00913. The van der Waals surface area contributed by atoms with Crippen LogP contribution < -0.4 is 10.4 Å². The molecule has 7 nitrogen and oxygen atoms in total. The molecule has 0 saturated carbocycles. The van der Waals surface area contributed by atoms with Gasteiger partial charge in [0.05, 0.1) is 0 Å². The SMILES string of the molecule is CC(Oc1ccc2ccc(=O)oc2c1)C(=O)N1CCC(CCn2cccn2)CC1. The lowest BCUT2D eigenvalue weighted by atomic mass is 9.93. The number of fused-ring (bicyclic) bond motifs is 1. The molecule has 1 saturated heterocycles. The molecule has 7 heteroatoms. The minimum Gasteiger partial charge on any atom is -0.481 e. The highest BCUT2D eigenvalue weighted by atomic mass is 16.5. The summed E-state index contributed by atoms with van der Waals surface area (Å²) in [7, 11) is 0. The van der Waals surface area contributed by atoms with Crippen LogP contribution in [0.2, 0.25) is 0 Å². The standard InChI is InChI=1S/C22H25N3O4/c1-16(28-19-5-3-18-4-6-21(26)29-20(18)15-19)22(27)24-12-7-17(8-13-24)9-14-25-11-2-10-23-25/h2-6,10-11,15-17H,7-9,12-14H2,1H3. The normalized spacial score (nSPS) is 16.1. The number of benzene rings is 1. The number of aromatic nitrogens is 2. The summed E-state index contributed by atoms with van der Waals surface area (Å²) >= 11 is 0. The molecule has 2 aromatic heterocycles. The van der Waals surface area contributed by atoms with Crippen molar-refractivity contribution in [2.45, 2.75) is 38.8 Å². The largest absolute Gasteiger partial charge is 0.481 e. The number of ether oxygens (including phenoxy) is 1. The van der Waals surface area contributed by atoms with E-state index in [1.807, 2.05) is 27.9 Å². The van der Waals surface area contributed by atoms with E-state index in [1.165, 1.54) is 6.07 Å². The number of hydrogen-bond donors (Lipinski definition) is 0. The van der Waals surface area contributed by atoms with Crippen molar-refractivity contribution in [3.63, 3.8) is 0 Å². The van der Waals surface area contributed by atoms with Crippen LogP contribution in [-0.2, 0) is 11.3 Å². The Kier molecular flexibility index (Phi) is 5.64. The van der Waals surface area contributed by atoms with Crippen molar-refractivity contribution in [3.8, 4) is 5.75 Å². The number of likely N-dealkylation sites (tertiary alicyclic amines) is 1.